The average Bonchev–Trinajstić information content (AvgIpc) is 3.40. The van der Waals surface area contributed by atoms with E-state index >= 15 is 0 Å². The third-order valence-corrected chi connectivity index (χ3v) is 6.56. The highest BCUT2D eigenvalue weighted by Gasteiger charge is 2.47. The number of nitrogens with two attached hydrogens (primary N) is 1. The monoisotopic (exact) mass is 455 g/mol. The number of rotatable bonds is 5. The molecule has 12 heteroatoms. The molecule has 0 spiro atoms. The van der Waals surface area contributed by atoms with Crippen LogP contribution in [0.25, 0.3) is 16.6 Å². The number of aromatic nitrogens is 7. The third kappa shape index (κ3) is 3.36. The van der Waals surface area contributed by atoms with Gasteiger partial charge in [-0.2, -0.15) is 4.52 Å². The highest BCUT2D eigenvalue weighted by Crippen LogP contribution is 2.46. The van der Waals surface area contributed by atoms with Gasteiger partial charge in [-0.15, -0.1) is 10.2 Å². The fraction of sp³-hybridized carbons (Fsp3) is 0.476. The molecule has 10 nitrogen and oxygen atoms in total. The molecule has 1 saturated carbocycles. The van der Waals surface area contributed by atoms with Crippen LogP contribution in [0, 0.1) is 0 Å². The fourth-order valence-corrected chi connectivity index (χ4v) is 4.82. The fourth-order valence-electron chi connectivity index (χ4n) is 4.82. The van der Waals surface area contributed by atoms with Gasteiger partial charge >= 0.3 is 0 Å². The van der Waals surface area contributed by atoms with E-state index in [4.69, 9.17) is 10.5 Å². The maximum Gasteiger partial charge on any atom is 0.252 e. The number of halogens is 2. The number of hydrogen-bond donors (Lipinski definition) is 2. The minimum Gasteiger partial charge on any atom is -0.494 e. The van der Waals surface area contributed by atoms with Gasteiger partial charge in [0, 0.05) is 30.7 Å². The molecular formula is C21H23F2N9O. The first-order valence-electron chi connectivity index (χ1n) is 10.9. The van der Waals surface area contributed by atoms with Crippen LogP contribution in [0.4, 0.5) is 14.7 Å². The van der Waals surface area contributed by atoms with E-state index in [1.165, 1.54) is 4.52 Å². The molecule has 3 aromatic heterocycles. The predicted molar refractivity (Wildman–Crippen MR) is 115 cm³/mol. The number of benzene rings is 1. The molecule has 3 N–H and O–H groups in total. The molecule has 3 heterocycles. The number of nitrogens with one attached hydrogen (secondary N) is 1. The van der Waals surface area contributed by atoms with Gasteiger partial charge in [0.15, 0.2) is 11.5 Å². The molecule has 0 unspecified atom stereocenters. The second-order valence-corrected chi connectivity index (χ2v) is 8.76. The van der Waals surface area contributed by atoms with Crippen molar-refractivity contribution in [3.63, 3.8) is 0 Å². The molecular weight excluding hydrogens is 432 g/mol. The zero-order chi connectivity index (χ0) is 22.7. The Morgan fingerprint density at radius 1 is 1.27 bits per heavy atom. The Balaban J connectivity index is 1.18. The number of methoxy groups -OCH3 is 1. The van der Waals surface area contributed by atoms with E-state index in [0.29, 0.717) is 35.7 Å². The van der Waals surface area contributed by atoms with Gasteiger partial charge in [0.25, 0.3) is 5.92 Å². The van der Waals surface area contributed by atoms with Crippen LogP contribution in [0.2, 0.25) is 0 Å². The second-order valence-electron chi connectivity index (χ2n) is 8.76. The number of hydrogen-bond acceptors (Lipinski definition) is 8. The number of alkyl halides is 2. The second kappa shape index (κ2) is 7.30. The van der Waals surface area contributed by atoms with Crippen molar-refractivity contribution < 1.29 is 13.5 Å². The van der Waals surface area contributed by atoms with E-state index in [1.54, 1.807) is 11.8 Å². The van der Waals surface area contributed by atoms with Crippen LogP contribution in [-0.4, -0.2) is 53.7 Å². The number of nitrogens with zero attached hydrogens (tertiary/aromatic N) is 7. The third-order valence-electron chi connectivity index (χ3n) is 6.56. The number of anilines is 1. The maximum absolute atomic E-state index is 13.3. The summed E-state index contributed by atoms with van der Waals surface area (Å²) in [7, 11) is 1.59. The first-order chi connectivity index (χ1) is 15.9. The summed E-state index contributed by atoms with van der Waals surface area (Å²) in [5.41, 5.74) is 9.25. The Kier molecular flexibility index (Phi) is 4.47. The van der Waals surface area contributed by atoms with Crippen molar-refractivity contribution in [3.05, 3.63) is 35.4 Å². The van der Waals surface area contributed by atoms with Gasteiger partial charge in [0.1, 0.15) is 11.3 Å². The van der Waals surface area contributed by atoms with Gasteiger partial charge in [0.2, 0.25) is 5.95 Å². The summed E-state index contributed by atoms with van der Waals surface area (Å²) in [5.74, 6) is -1.11. The lowest BCUT2D eigenvalue weighted by Crippen LogP contribution is -2.39. The van der Waals surface area contributed by atoms with Gasteiger partial charge < -0.3 is 15.8 Å². The minimum absolute atomic E-state index is 0.150. The molecule has 0 amide bonds. The zero-order valence-corrected chi connectivity index (χ0v) is 18.0. The van der Waals surface area contributed by atoms with E-state index in [1.807, 2.05) is 18.2 Å². The van der Waals surface area contributed by atoms with Crippen molar-refractivity contribution in [1.82, 2.24) is 39.9 Å². The summed E-state index contributed by atoms with van der Waals surface area (Å²) in [5, 5.41) is 17.2. The van der Waals surface area contributed by atoms with Crippen molar-refractivity contribution in [2.45, 2.75) is 56.7 Å². The number of nitrogen functional groups attached to an aromatic ring is 1. The van der Waals surface area contributed by atoms with Gasteiger partial charge in [-0.25, -0.2) is 23.4 Å². The minimum atomic E-state index is -2.57. The quantitative estimate of drug-likeness (QED) is 0.469. The first kappa shape index (κ1) is 20.2. The van der Waals surface area contributed by atoms with Crippen LogP contribution in [0.1, 0.15) is 42.5 Å². The van der Waals surface area contributed by atoms with Crippen LogP contribution in [0.5, 0.6) is 5.75 Å². The molecule has 33 heavy (non-hydrogen) atoms. The molecule has 1 atom stereocenters. The molecule has 0 bridgehead atoms. The topological polar surface area (TPSA) is 121 Å². The predicted octanol–water partition coefficient (Wildman–Crippen LogP) is 2.08. The van der Waals surface area contributed by atoms with Crippen molar-refractivity contribution in [2.75, 3.05) is 12.8 Å². The molecule has 1 fully saturated rings. The van der Waals surface area contributed by atoms with Crippen LogP contribution >= 0.6 is 0 Å². The molecule has 4 aromatic rings. The summed E-state index contributed by atoms with van der Waals surface area (Å²) < 4.78 is 35.2. The van der Waals surface area contributed by atoms with E-state index < -0.39 is 5.92 Å². The number of para-hydroxylation sites is 1. The summed E-state index contributed by atoms with van der Waals surface area (Å²) in [6, 6.07) is 5.55. The van der Waals surface area contributed by atoms with E-state index in [2.05, 4.69) is 30.7 Å². The maximum atomic E-state index is 13.3. The van der Waals surface area contributed by atoms with Gasteiger partial charge in [-0.1, -0.05) is 11.3 Å². The summed E-state index contributed by atoms with van der Waals surface area (Å²) in [6.45, 7) is 0.454. The molecule has 2 aliphatic carbocycles. The average molecular weight is 455 g/mol. The van der Waals surface area contributed by atoms with Gasteiger partial charge in [-0.05, 0) is 25.0 Å². The Morgan fingerprint density at radius 3 is 2.91 bits per heavy atom. The molecule has 0 saturated heterocycles. The van der Waals surface area contributed by atoms with E-state index in [9.17, 15) is 8.78 Å². The van der Waals surface area contributed by atoms with Crippen LogP contribution in [0.15, 0.2) is 18.2 Å². The number of ether oxygens (including phenoxy) is 1. The molecule has 1 aromatic carbocycles. The molecule has 172 valence electrons. The van der Waals surface area contributed by atoms with Crippen LogP contribution in [-0.2, 0) is 19.4 Å². The van der Waals surface area contributed by atoms with Gasteiger partial charge in [-0.3, -0.25) is 0 Å². The lowest BCUT2D eigenvalue weighted by molar-refractivity contribution is -0.107. The largest absolute Gasteiger partial charge is 0.494 e. The lowest BCUT2D eigenvalue weighted by atomic mass is 9.87. The van der Waals surface area contributed by atoms with Crippen molar-refractivity contribution in [3.8, 4) is 5.75 Å². The summed E-state index contributed by atoms with van der Waals surface area (Å²) >= 11 is 0. The Hall–Kier alpha value is -3.41. The molecule has 0 aliphatic heterocycles. The van der Waals surface area contributed by atoms with Crippen molar-refractivity contribution in [1.29, 1.82) is 0 Å². The van der Waals surface area contributed by atoms with E-state index in [-0.39, 0.29) is 30.9 Å². The standard InChI is InChI=1S/C21H23F2N9O/c1-33-16-4-2-3-13-18(16)27-20(24)32-19(13)26-17(29-32)10-25-11-5-6-15-14(7-11)28-30-31(15)12-8-21(22,23)9-12/h2-4,11-12,25H,5-10H2,1H3,(H2,24,27)/t11-/m0/s1. The normalized spacial score (nSPS) is 20.2. The molecule has 2 aliphatic rings. The smallest absolute Gasteiger partial charge is 0.252 e. The van der Waals surface area contributed by atoms with Crippen LogP contribution < -0.4 is 15.8 Å². The highest BCUT2D eigenvalue weighted by atomic mass is 19.3. The van der Waals surface area contributed by atoms with Crippen molar-refractivity contribution in [2.24, 2.45) is 0 Å². The Morgan fingerprint density at radius 2 is 2.12 bits per heavy atom. The Labute approximate surface area is 187 Å². The highest BCUT2D eigenvalue weighted by molar-refractivity contribution is 5.95. The van der Waals surface area contributed by atoms with Crippen LogP contribution in [0.3, 0.4) is 0 Å². The summed E-state index contributed by atoms with van der Waals surface area (Å²) in [4.78, 5) is 9.10. The summed E-state index contributed by atoms with van der Waals surface area (Å²) in [6.07, 6.45) is 2.00. The molecule has 6 rings (SSSR count). The zero-order valence-electron chi connectivity index (χ0n) is 18.0. The number of fused-ring (bicyclic) bond motifs is 4. The molecule has 0 radical (unpaired) electrons. The van der Waals surface area contributed by atoms with Crippen molar-refractivity contribution >= 4 is 22.5 Å². The Bertz CT molecular complexity index is 1360. The first-order valence-corrected chi connectivity index (χ1v) is 10.9. The van der Waals surface area contributed by atoms with E-state index in [0.717, 1.165) is 29.6 Å². The lowest BCUT2D eigenvalue weighted by Gasteiger charge is -2.36. The SMILES string of the molecule is COc1cccc2c1nc(N)n1nc(CN[C@H]3CCc4c(nnn4C4CC(F)(F)C4)C3)nc21. The van der Waals surface area contributed by atoms with Gasteiger partial charge in [0.05, 0.1) is 31.1 Å².